The third-order valence-electron chi connectivity index (χ3n) is 2.22. The maximum absolute atomic E-state index is 5.46. The number of nitrogens with one attached hydrogen (secondary N) is 2. The molecule has 1 heterocycles. The number of hydrogen-bond donors (Lipinski definition) is 2. The molecule has 0 aliphatic carbocycles. The SMILES string of the molecule is CNc1cncc(NCCCCOC(C)C)n1. The van der Waals surface area contributed by atoms with Crippen molar-refractivity contribution in [2.45, 2.75) is 32.8 Å². The predicted molar refractivity (Wildman–Crippen MR) is 70.4 cm³/mol. The van der Waals surface area contributed by atoms with Crippen LogP contribution < -0.4 is 10.6 Å². The average Bonchev–Trinajstić information content (AvgIpc) is 2.33. The Kier molecular flexibility index (Phi) is 6.32. The topological polar surface area (TPSA) is 59.1 Å². The van der Waals surface area contributed by atoms with Crippen LogP contribution in [-0.2, 0) is 4.74 Å². The van der Waals surface area contributed by atoms with Crippen LogP contribution >= 0.6 is 0 Å². The first-order chi connectivity index (χ1) is 8.22. The molecule has 0 fully saturated rings. The molecule has 0 unspecified atom stereocenters. The molecule has 1 aromatic rings. The molecule has 2 N–H and O–H groups in total. The van der Waals surface area contributed by atoms with Gasteiger partial charge in [-0.3, -0.25) is 4.98 Å². The van der Waals surface area contributed by atoms with Crippen molar-refractivity contribution in [3.8, 4) is 0 Å². The van der Waals surface area contributed by atoms with E-state index in [1.54, 1.807) is 12.4 Å². The zero-order valence-corrected chi connectivity index (χ0v) is 10.9. The van der Waals surface area contributed by atoms with Gasteiger partial charge < -0.3 is 15.4 Å². The predicted octanol–water partition coefficient (Wildman–Crippen LogP) is 2.14. The minimum absolute atomic E-state index is 0.320. The lowest BCUT2D eigenvalue weighted by molar-refractivity contribution is 0.0765. The highest BCUT2D eigenvalue weighted by atomic mass is 16.5. The van der Waals surface area contributed by atoms with Gasteiger partial charge in [-0.1, -0.05) is 0 Å². The minimum atomic E-state index is 0.320. The molecule has 0 saturated heterocycles. The molecule has 0 aliphatic heterocycles. The van der Waals surface area contributed by atoms with Gasteiger partial charge in [-0.15, -0.1) is 0 Å². The molecule has 5 heteroatoms. The molecule has 1 aromatic heterocycles. The second-order valence-electron chi connectivity index (χ2n) is 4.09. The summed E-state index contributed by atoms with van der Waals surface area (Å²) in [7, 11) is 1.83. The van der Waals surface area contributed by atoms with E-state index in [0.717, 1.165) is 37.6 Å². The molecule has 96 valence electrons. The van der Waals surface area contributed by atoms with E-state index in [1.807, 2.05) is 7.05 Å². The second-order valence-corrected chi connectivity index (χ2v) is 4.09. The van der Waals surface area contributed by atoms with Gasteiger partial charge in [0.15, 0.2) is 0 Å². The monoisotopic (exact) mass is 238 g/mol. The van der Waals surface area contributed by atoms with Gasteiger partial charge in [0, 0.05) is 20.2 Å². The van der Waals surface area contributed by atoms with Crippen LogP contribution in [0.25, 0.3) is 0 Å². The summed E-state index contributed by atoms with van der Waals surface area (Å²) in [5.74, 6) is 1.58. The average molecular weight is 238 g/mol. The zero-order valence-electron chi connectivity index (χ0n) is 10.9. The van der Waals surface area contributed by atoms with Crippen LogP contribution in [-0.4, -0.2) is 36.3 Å². The summed E-state index contributed by atoms with van der Waals surface area (Å²) >= 11 is 0. The second kappa shape index (κ2) is 7.84. The summed E-state index contributed by atoms with van der Waals surface area (Å²) in [5, 5.41) is 6.20. The van der Waals surface area contributed by atoms with Gasteiger partial charge in [0.05, 0.1) is 18.5 Å². The molecule has 0 aromatic carbocycles. The zero-order chi connectivity index (χ0) is 12.5. The summed E-state index contributed by atoms with van der Waals surface area (Å²) in [6.45, 7) is 5.82. The Bertz CT molecular complexity index is 317. The fourth-order valence-corrected chi connectivity index (χ4v) is 1.33. The fraction of sp³-hybridized carbons (Fsp3) is 0.667. The van der Waals surface area contributed by atoms with Crippen LogP contribution in [0.3, 0.4) is 0 Å². The standard InChI is InChI=1S/C12H22N4O/c1-10(2)17-7-5-4-6-15-12-9-14-8-11(13-3)16-12/h8-10H,4-7H2,1-3H3,(H2,13,15,16). The number of ether oxygens (including phenoxy) is 1. The fourth-order valence-electron chi connectivity index (χ4n) is 1.33. The molecule has 0 atom stereocenters. The summed E-state index contributed by atoms with van der Waals surface area (Å²) in [6.07, 6.45) is 5.87. The Balaban J connectivity index is 2.13. The van der Waals surface area contributed by atoms with Crippen LogP contribution in [0, 0.1) is 0 Å². The maximum atomic E-state index is 5.46. The van der Waals surface area contributed by atoms with Crippen molar-refractivity contribution in [2.75, 3.05) is 30.8 Å². The van der Waals surface area contributed by atoms with Gasteiger partial charge in [-0.25, -0.2) is 4.98 Å². The molecule has 1 rings (SSSR count). The Morgan fingerprint density at radius 2 is 2.00 bits per heavy atom. The number of nitrogens with zero attached hydrogens (tertiary/aromatic N) is 2. The Labute approximate surface area is 103 Å². The van der Waals surface area contributed by atoms with Crippen LogP contribution in [0.15, 0.2) is 12.4 Å². The van der Waals surface area contributed by atoms with E-state index in [4.69, 9.17) is 4.74 Å². The normalized spacial score (nSPS) is 10.6. The van der Waals surface area contributed by atoms with Gasteiger partial charge in [0.2, 0.25) is 0 Å². The number of anilines is 2. The molecule has 0 radical (unpaired) electrons. The minimum Gasteiger partial charge on any atom is -0.379 e. The molecule has 0 saturated carbocycles. The van der Waals surface area contributed by atoms with E-state index >= 15 is 0 Å². The van der Waals surface area contributed by atoms with Crippen molar-refractivity contribution in [3.05, 3.63) is 12.4 Å². The van der Waals surface area contributed by atoms with Crippen LogP contribution in [0.1, 0.15) is 26.7 Å². The molecular formula is C12H22N4O. The first-order valence-corrected chi connectivity index (χ1v) is 6.07. The Morgan fingerprint density at radius 1 is 1.24 bits per heavy atom. The van der Waals surface area contributed by atoms with E-state index in [2.05, 4.69) is 34.4 Å². The third-order valence-corrected chi connectivity index (χ3v) is 2.22. The lowest BCUT2D eigenvalue weighted by atomic mass is 10.3. The highest BCUT2D eigenvalue weighted by molar-refractivity contribution is 5.40. The first kappa shape index (κ1) is 13.7. The third kappa shape index (κ3) is 6.06. The van der Waals surface area contributed by atoms with Crippen molar-refractivity contribution >= 4 is 11.6 Å². The highest BCUT2D eigenvalue weighted by Gasteiger charge is 1.97. The van der Waals surface area contributed by atoms with Gasteiger partial charge in [-0.2, -0.15) is 0 Å². The number of hydrogen-bond acceptors (Lipinski definition) is 5. The van der Waals surface area contributed by atoms with Crippen LogP contribution in [0.5, 0.6) is 0 Å². The van der Waals surface area contributed by atoms with E-state index < -0.39 is 0 Å². The van der Waals surface area contributed by atoms with Gasteiger partial charge in [-0.05, 0) is 26.7 Å². The lowest BCUT2D eigenvalue weighted by Gasteiger charge is -2.08. The van der Waals surface area contributed by atoms with Crippen molar-refractivity contribution in [1.29, 1.82) is 0 Å². The van der Waals surface area contributed by atoms with Crippen molar-refractivity contribution < 1.29 is 4.74 Å². The van der Waals surface area contributed by atoms with E-state index in [9.17, 15) is 0 Å². The molecule has 0 amide bonds. The molecule has 17 heavy (non-hydrogen) atoms. The lowest BCUT2D eigenvalue weighted by Crippen LogP contribution is -2.08. The smallest absolute Gasteiger partial charge is 0.146 e. The van der Waals surface area contributed by atoms with E-state index in [1.165, 1.54) is 0 Å². The summed E-state index contributed by atoms with van der Waals surface area (Å²) in [5.41, 5.74) is 0. The van der Waals surface area contributed by atoms with Gasteiger partial charge >= 0.3 is 0 Å². The molecule has 0 aliphatic rings. The number of rotatable bonds is 8. The van der Waals surface area contributed by atoms with E-state index in [0.29, 0.717) is 6.10 Å². The van der Waals surface area contributed by atoms with Gasteiger partial charge in [0.1, 0.15) is 11.6 Å². The van der Waals surface area contributed by atoms with Gasteiger partial charge in [0.25, 0.3) is 0 Å². The highest BCUT2D eigenvalue weighted by Crippen LogP contribution is 2.05. The Morgan fingerprint density at radius 3 is 2.71 bits per heavy atom. The molecule has 0 bridgehead atoms. The summed E-state index contributed by atoms with van der Waals surface area (Å²) in [6, 6.07) is 0. The van der Waals surface area contributed by atoms with Crippen LogP contribution in [0.2, 0.25) is 0 Å². The van der Waals surface area contributed by atoms with Crippen LogP contribution in [0.4, 0.5) is 11.6 Å². The molecule has 5 nitrogen and oxygen atoms in total. The molecule has 0 spiro atoms. The van der Waals surface area contributed by atoms with E-state index in [-0.39, 0.29) is 0 Å². The number of unbranched alkanes of at least 4 members (excludes halogenated alkanes) is 1. The van der Waals surface area contributed by atoms with Crippen molar-refractivity contribution in [2.24, 2.45) is 0 Å². The van der Waals surface area contributed by atoms with Crippen molar-refractivity contribution in [3.63, 3.8) is 0 Å². The Hall–Kier alpha value is -1.36. The quantitative estimate of drug-likeness (QED) is 0.679. The molecular weight excluding hydrogens is 216 g/mol. The summed E-state index contributed by atoms with van der Waals surface area (Å²) in [4.78, 5) is 8.40. The van der Waals surface area contributed by atoms with Crippen molar-refractivity contribution in [1.82, 2.24) is 9.97 Å². The first-order valence-electron chi connectivity index (χ1n) is 6.07. The largest absolute Gasteiger partial charge is 0.379 e. The summed E-state index contributed by atoms with van der Waals surface area (Å²) < 4.78 is 5.46. The number of aromatic nitrogens is 2. The maximum Gasteiger partial charge on any atom is 0.146 e.